The van der Waals surface area contributed by atoms with Crippen LogP contribution < -0.4 is 0 Å². The second kappa shape index (κ2) is 7.37. The Kier molecular flexibility index (Phi) is 4.91. The van der Waals surface area contributed by atoms with Crippen LogP contribution >= 0.6 is 0 Å². The van der Waals surface area contributed by atoms with Crippen LogP contribution in [0, 0.1) is 0 Å². The second-order valence-electron chi connectivity index (χ2n) is 6.74. The molecule has 146 valence electrons. The van der Waals surface area contributed by atoms with E-state index in [-0.39, 0.29) is 10.8 Å². The number of aromatic nitrogens is 1. The van der Waals surface area contributed by atoms with E-state index in [9.17, 15) is 13.2 Å². The fraction of sp³-hybridized carbons (Fsp3) is 0.300. The lowest BCUT2D eigenvalue weighted by atomic mass is 10.00. The minimum Gasteiger partial charge on any atom is -0.465 e. The predicted molar refractivity (Wildman–Crippen MR) is 103 cm³/mol. The van der Waals surface area contributed by atoms with E-state index in [0.29, 0.717) is 30.1 Å². The van der Waals surface area contributed by atoms with Gasteiger partial charge in [0.25, 0.3) is 0 Å². The van der Waals surface area contributed by atoms with Gasteiger partial charge in [0, 0.05) is 19.0 Å². The monoisotopic (exact) mass is 400 g/mol. The number of hydrogen-bond acceptors (Lipinski definition) is 6. The third-order valence-corrected chi connectivity index (χ3v) is 6.84. The molecule has 1 saturated heterocycles. The van der Waals surface area contributed by atoms with Gasteiger partial charge in [-0.05, 0) is 49.2 Å². The lowest BCUT2D eigenvalue weighted by Gasteiger charge is -2.30. The van der Waals surface area contributed by atoms with Gasteiger partial charge in [0.15, 0.2) is 11.5 Å². The number of ether oxygens (including phenoxy) is 1. The Labute approximate surface area is 163 Å². The van der Waals surface area contributed by atoms with E-state index in [0.717, 1.165) is 18.4 Å². The molecular weight excluding hydrogens is 380 g/mol. The molecule has 7 nitrogen and oxygen atoms in total. The minimum absolute atomic E-state index is 0.0923. The molecular formula is C20H20N2O5S. The van der Waals surface area contributed by atoms with Crippen LogP contribution in [0.4, 0.5) is 0 Å². The zero-order chi connectivity index (χ0) is 19.7. The van der Waals surface area contributed by atoms with E-state index in [1.54, 1.807) is 0 Å². The molecule has 1 unspecified atom stereocenters. The first kappa shape index (κ1) is 18.6. The normalized spacial score (nSPS) is 18.2. The van der Waals surface area contributed by atoms with Crippen LogP contribution in [-0.4, -0.2) is 43.9 Å². The minimum atomic E-state index is -3.67. The zero-order valence-electron chi connectivity index (χ0n) is 15.4. The summed E-state index contributed by atoms with van der Waals surface area (Å²) < 4.78 is 38.0. The number of nitrogens with zero attached hydrogens (tertiary/aromatic N) is 2. The first-order valence-electron chi connectivity index (χ1n) is 9.03. The number of para-hydroxylation sites is 2. The number of fused-ring (bicyclic) bond motifs is 1. The van der Waals surface area contributed by atoms with Crippen molar-refractivity contribution in [1.82, 2.24) is 9.29 Å². The molecule has 1 aromatic heterocycles. The lowest BCUT2D eigenvalue weighted by Crippen LogP contribution is -2.39. The van der Waals surface area contributed by atoms with Gasteiger partial charge < -0.3 is 9.15 Å². The average molecular weight is 400 g/mol. The predicted octanol–water partition coefficient (Wildman–Crippen LogP) is 3.18. The Balaban J connectivity index is 1.57. The molecule has 0 spiro atoms. The van der Waals surface area contributed by atoms with Crippen LogP contribution in [-0.2, 0) is 14.8 Å². The molecule has 0 N–H and O–H groups in total. The summed E-state index contributed by atoms with van der Waals surface area (Å²) in [6, 6.07) is 13.3. The zero-order valence-corrected chi connectivity index (χ0v) is 16.2. The first-order valence-corrected chi connectivity index (χ1v) is 10.5. The van der Waals surface area contributed by atoms with Crippen molar-refractivity contribution in [2.45, 2.75) is 23.7 Å². The number of piperidine rings is 1. The summed E-state index contributed by atoms with van der Waals surface area (Å²) in [5.74, 6) is -0.0228. The molecule has 1 atom stereocenters. The standard InChI is InChI=1S/C20H20N2O5S/c1-26-20(23)14-8-10-16(11-9-14)28(24,25)22-12-4-5-15(13-22)19-21-17-6-2-3-7-18(17)27-19/h2-3,6-11,15H,4-5,12-13H2,1H3. The summed E-state index contributed by atoms with van der Waals surface area (Å²) in [5.41, 5.74) is 1.79. The Morgan fingerprint density at radius 2 is 1.93 bits per heavy atom. The third kappa shape index (κ3) is 3.41. The van der Waals surface area contributed by atoms with Gasteiger partial charge in [-0.25, -0.2) is 18.2 Å². The van der Waals surface area contributed by atoms with Crippen molar-refractivity contribution in [2.75, 3.05) is 20.2 Å². The Morgan fingerprint density at radius 3 is 2.64 bits per heavy atom. The fourth-order valence-corrected chi connectivity index (χ4v) is 4.98. The highest BCUT2D eigenvalue weighted by atomic mass is 32.2. The molecule has 1 fully saturated rings. The smallest absolute Gasteiger partial charge is 0.337 e. The number of hydrogen-bond donors (Lipinski definition) is 0. The average Bonchev–Trinajstić information content (AvgIpc) is 3.18. The molecule has 0 aliphatic carbocycles. The van der Waals surface area contributed by atoms with Gasteiger partial charge in [-0.2, -0.15) is 4.31 Å². The number of esters is 1. The van der Waals surface area contributed by atoms with Crippen LogP contribution in [0.5, 0.6) is 0 Å². The van der Waals surface area contributed by atoms with E-state index in [1.165, 1.54) is 35.7 Å². The molecule has 0 amide bonds. The summed E-state index contributed by atoms with van der Waals surface area (Å²) in [5, 5.41) is 0. The van der Waals surface area contributed by atoms with Crippen LogP contribution in [0.15, 0.2) is 57.8 Å². The first-order chi connectivity index (χ1) is 13.5. The van der Waals surface area contributed by atoms with E-state index in [1.807, 2.05) is 24.3 Å². The number of carbonyl (C=O) groups is 1. The third-order valence-electron chi connectivity index (χ3n) is 4.96. The molecule has 2 heterocycles. The van der Waals surface area contributed by atoms with Gasteiger partial charge >= 0.3 is 5.97 Å². The van der Waals surface area contributed by atoms with Crippen molar-refractivity contribution in [1.29, 1.82) is 0 Å². The highest BCUT2D eigenvalue weighted by Gasteiger charge is 2.33. The molecule has 0 bridgehead atoms. The lowest BCUT2D eigenvalue weighted by molar-refractivity contribution is 0.0600. The van der Waals surface area contributed by atoms with Crippen LogP contribution in [0.2, 0.25) is 0 Å². The number of rotatable bonds is 4. The summed E-state index contributed by atoms with van der Waals surface area (Å²) in [6.45, 7) is 0.756. The van der Waals surface area contributed by atoms with Crippen molar-refractivity contribution in [3.05, 3.63) is 60.0 Å². The molecule has 2 aromatic carbocycles. The van der Waals surface area contributed by atoms with E-state index in [2.05, 4.69) is 9.72 Å². The van der Waals surface area contributed by atoms with Gasteiger partial charge in [0.2, 0.25) is 10.0 Å². The highest BCUT2D eigenvalue weighted by Crippen LogP contribution is 2.31. The van der Waals surface area contributed by atoms with E-state index < -0.39 is 16.0 Å². The molecule has 28 heavy (non-hydrogen) atoms. The molecule has 4 rings (SSSR count). The quantitative estimate of drug-likeness (QED) is 0.625. The van der Waals surface area contributed by atoms with Gasteiger partial charge in [0.1, 0.15) is 5.52 Å². The Bertz CT molecular complexity index is 1070. The molecule has 0 radical (unpaired) electrons. The van der Waals surface area contributed by atoms with Gasteiger partial charge in [0.05, 0.1) is 17.6 Å². The maximum atomic E-state index is 13.0. The molecule has 3 aromatic rings. The van der Waals surface area contributed by atoms with Crippen LogP contribution in [0.3, 0.4) is 0 Å². The largest absolute Gasteiger partial charge is 0.465 e. The molecule has 8 heteroatoms. The summed E-state index contributed by atoms with van der Waals surface area (Å²) in [4.78, 5) is 16.2. The van der Waals surface area contributed by atoms with Crippen molar-refractivity contribution in [3.63, 3.8) is 0 Å². The molecule has 1 aliphatic rings. The summed E-state index contributed by atoms with van der Waals surface area (Å²) >= 11 is 0. The highest BCUT2D eigenvalue weighted by molar-refractivity contribution is 7.89. The second-order valence-corrected chi connectivity index (χ2v) is 8.68. The van der Waals surface area contributed by atoms with Gasteiger partial charge in [-0.3, -0.25) is 0 Å². The van der Waals surface area contributed by atoms with Gasteiger partial charge in [-0.1, -0.05) is 12.1 Å². The Morgan fingerprint density at radius 1 is 1.18 bits per heavy atom. The maximum absolute atomic E-state index is 13.0. The fourth-order valence-electron chi connectivity index (χ4n) is 3.46. The number of carbonyl (C=O) groups excluding carboxylic acids is 1. The van der Waals surface area contributed by atoms with E-state index in [4.69, 9.17) is 4.42 Å². The number of sulfonamides is 1. The number of methoxy groups -OCH3 is 1. The van der Waals surface area contributed by atoms with Crippen molar-refractivity contribution >= 4 is 27.1 Å². The van der Waals surface area contributed by atoms with Crippen molar-refractivity contribution < 1.29 is 22.4 Å². The topological polar surface area (TPSA) is 89.7 Å². The maximum Gasteiger partial charge on any atom is 0.337 e. The van der Waals surface area contributed by atoms with E-state index >= 15 is 0 Å². The van der Waals surface area contributed by atoms with Crippen LogP contribution in [0.25, 0.3) is 11.1 Å². The number of benzene rings is 2. The number of oxazole rings is 1. The summed E-state index contributed by atoms with van der Waals surface area (Å²) in [6.07, 6.45) is 1.54. The SMILES string of the molecule is COC(=O)c1ccc(S(=O)(=O)N2CCCC(c3nc4ccccc4o3)C2)cc1. The van der Waals surface area contributed by atoms with Crippen LogP contribution in [0.1, 0.15) is 35.0 Å². The van der Waals surface area contributed by atoms with Crippen molar-refractivity contribution in [3.8, 4) is 0 Å². The van der Waals surface area contributed by atoms with Gasteiger partial charge in [-0.15, -0.1) is 0 Å². The summed E-state index contributed by atoms with van der Waals surface area (Å²) in [7, 11) is -2.39. The van der Waals surface area contributed by atoms with Crippen molar-refractivity contribution in [2.24, 2.45) is 0 Å². The Hall–Kier alpha value is -2.71. The molecule has 1 aliphatic heterocycles. The molecule has 0 saturated carbocycles.